The van der Waals surface area contributed by atoms with Crippen molar-refractivity contribution in [1.29, 1.82) is 0 Å². The topological polar surface area (TPSA) is 0 Å². The van der Waals surface area contributed by atoms with Gasteiger partial charge in [0.2, 0.25) is 0 Å². The maximum atomic E-state index is 3.65. The van der Waals surface area contributed by atoms with Crippen LogP contribution in [0.3, 0.4) is 0 Å². The molecule has 0 fully saturated rings. The molecule has 0 nitrogen and oxygen atoms in total. The van der Waals surface area contributed by atoms with Gasteiger partial charge >= 0.3 is 0 Å². The van der Waals surface area contributed by atoms with Crippen LogP contribution in [0.2, 0.25) is 0 Å². The summed E-state index contributed by atoms with van der Waals surface area (Å²) in [4.78, 5) is 0. The maximum Gasteiger partial charge on any atom is 0.00344 e. The number of fused-ring (bicyclic) bond motifs is 3. The summed E-state index contributed by atoms with van der Waals surface area (Å²) >= 11 is 7.28. The lowest BCUT2D eigenvalue weighted by atomic mass is 9.84. The van der Waals surface area contributed by atoms with Crippen molar-refractivity contribution in [3.05, 3.63) is 82.9 Å². The highest BCUT2D eigenvalue weighted by molar-refractivity contribution is 9.09. The van der Waals surface area contributed by atoms with Gasteiger partial charge in [-0.2, -0.15) is 0 Å². The minimum atomic E-state index is 1.05. The molecule has 0 heterocycles. The van der Waals surface area contributed by atoms with E-state index in [2.05, 4.69) is 92.5 Å². The minimum absolute atomic E-state index is 1.05. The quantitative estimate of drug-likeness (QED) is 0.237. The summed E-state index contributed by atoms with van der Waals surface area (Å²) in [5.74, 6) is 0. The Labute approximate surface area is 179 Å². The highest BCUT2D eigenvalue weighted by atomic mass is 79.9. The van der Waals surface area contributed by atoms with Gasteiger partial charge in [0, 0.05) is 10.7 Å². The van der Waals surface area contributed by atoms with E-state index in [0.29, 0.717) is 0 Å². The molecule has 0 aromatic heterocycles. The number of aryl methyl sites for hydroxylation is 1. The Morgan fingerprint density at radius 2 is 1.44 bits per heavy atom. The Hall–Kier alpha value is -1.38. The standard InChI is InChI=1S/C25H24Br2/c26-14-6-11-20-17-23-21-12-5-4-10-19(21)16-24(23)22(13-7-15-27)25(20)18-8-2-1-3-9-18/h1-5,8-10,12,17H,6-7,11,13-16H2. The van der Waals surface area contributed by atoms with Gasteiger partial charge in [-0.25, -0.2) is 0 Å². The normalized spacial score (nSPS) is 12.1. The van der Waals surface area contributed by atoms with Gasteiger partial charge in [-0.05, 0) is 76.6 Å². The first kappa shape index (κ1) is 19.0. The molecule has 0 unspecified atom stereocenters. The van der Waals surface area contributed by atoms with E-state index in [1.54, 1.807) is 11.1 Å². The number of halogens is 2. The van der Waals surface area contributed by atoms with Gasteiger partial charge in [-0.15, -0.1) is 0 Å². The smallest absolute Gasteiger partial charge is 0.00344 e. The largest absolute Gasteiger partial charge is 0.0928 e. The Kier molecular flexibility index (Phi) is 6.14. The van der Waals surface area contributed by atoms with Gasteiger partial charge in [-0.3, -0.25) is 0 Å². The average Bonchev–Trinajstić information content (AvgIpc) is 3.09. The first-order valence-corrected chi connectivity index (χ1v) is 12.0. The van der Waals surface area contributed by atoms with Crippen LogP contribution in [0.25, 0.3) is 22.3 Å². The molecule has 138 valence electrons. The van der Waals surface area contributed by atoms with Crippen LogP contribution in [-0.2, 0) is 19.3 Å². The lowest BCUT2D eigenvalue weighted by Crippen LogP contribution is -2.03. The van der Waals surface area contributed by atoms with Gasteiger partial charge in [0.1, 0.15) is 0 Å². The molecular formula is C25H24Br2. The number of hydrogen-bond donors (Lipinski definition) is 0. The van der Waals surface area contributed by atoms with Crippen molar-refractivity contribution in [2.75, 3.05) is 10.7 Å². The lowest BCUT2D eigenvalue weighted by Gasteiger charge is -2.20. The van der Waals surface area contributed by atoms with E-state index in [0.717, 1.165) is 36.3 Å². The summed E-state index contributed by atoms with van der Waals surface area (Å²) in [5.41, 5.74) is 11.9. The van der Waals surface area contributed by atoms with E-state index in [1.165, 1.54) is 39.8 Å². The van der Waals surface area contributed by atoms with Crippen molar-refractivity contribution >= 4 is 31.9 Å². The van der Waals surface area contributed by atoms with Gasteiger partial charge in [-0.1, -0.05) is 92.5 Å². The zero-order valence-corrected chi connectivity index (χ0v) is 18.7. The second kappa shape index (κ2) is 8.75. The van der Waals surface area contributed by atoms with E-state index in [9.17, 15) is 0 Å². The van der Waals surface area contributed by atoms with Crippen molar-refractivity contribution in [3.63, 3.8) is 0 Å². The van der Waals surface area contributed by atoms with Gasteiger partial charge < -0.3 is 0 Å². The second-order valence-electron chi connectivity index (χ2n) is 7.20. The zero-order chi connectivity index (χ0) is 18.6. The number of hydrogen-bond acceptors (Lipinski definition) is 0. The molecule has 2 heteroatoms. The molecule has 0 radical (unpaired) electrons. The molecule has 0 bridgehead atoms. The van der Waals surface area contributed by atoms with Gasteiger partial charge in [0.25, 0.3) is 0 Å². The monoisotopic (exact) mass is 482 g/mol. The molecule has 1 aliphatic rings. The van der Waals surface area contributed by atoms with E-state index < -0.39 is 0 Å². The molecule has 3 aromatic carbocycles. The number of alkyl halides is 2. The molecule has 27 heavy (non-hydrogen) atoms. The highest BCUT2D eigenvalue weighted by Gasteiger charge is 2.25. The number of benzene rings is 3. The van der Waals surface area contributed by atoms with Crippen LogP contribution in [0.4, 0.5) is 0 Å². The van der Waals surface area contributed by atoms with Crippen LogP contribution in [0.15, 0.2) is 60.7 Å². The van der Waals surface area contributed by atoms with Crippen molar-refractivity contribution in [1.82, 2.24) is 0 Å². The third-order valence-electron chi connectivity index (χ3n) is 5.51. The molecule has 3 aromatic rings. The molecule has 0 aliphatic heterocycles. The van der Waals surface area contributed by atoms with E-state index >= 15 is 0 Å². The Balaban J connectivity index is 1.95. The van der Waals surface area contributed by atoms with E-state index in [-0.39, 0.29) is 0 Å². The summed E-state index contributed by atoms with van der Waals surface area (Å²) in [6.45, 7) is 0. The molecular weight excluding hydrogens is 460 g/mol. The SMILES string of the molecule is BrCCCc1cc2c(c(CCCBr)c1-c1ccccc1)Cc1ccccc1-2. The Bertz CT molecular complexity index is 929. The van der Waals surface area contributed by atoms with Crippen LogP contribution >= 0.6 is 31.9 Å². The summed E-state index contributed by atoms with van der Waals surface area (Å²) in [5, 5.41) is 2.10. The first-order valence-electron chi connectivity index (χ1n) is 9.76. The predicted molar refractivity (Wildman–Crippen MR) is 124 cm³/mol. The highest BCUT2D eigenvalue weighted by Crippen LogP contribution is 2.44. The summed E-state index contributed by atoms with van der Waals surface area (Å²) in [6.07, 6.45) is 5.66. The molecule has 0 spiro atoms. The zero-order valence-electron chi connectivity index (χ0n) is 15.5. The van der Waals surface area contributed by atoms with Crippen LogP contribution in [0.5, 0.6) is 0 Å². The van der Waals surface area contributed by atoms with Crippen LogP contribution in [0, 0.1) is 0 Å². The summed E-state index contributed by atoms with van der Waals surface area (Å²) in [7, 11) is 0. The third kappa shape index (κ3) is 3.79. The number of rotatable bonds is 7. The summed E-state index contributed by atoms with van der Waals surface area (Å²) in [6, 6.07) is 22.4. The molecule has 4 rings (SSSR count). The molecule has 0 saturated carbocycles. The van der Waals surface area contributed by atoms with Crippen molar-refractivity contribution in [2.24, 2.45) is 0 Å². The first-order chi connectivity index (χ1) is 13.3. The summed E-state index contributed by atoms with van der Waals surface area (Å²) < 4.78 is 0. The van der Waals surface area contributed by atoms with Gasteiger partial charge in [0.05, 0.1) is 0 Å². The predicted octanol–water partition coefficient (Wildman–Crippen LogP) is 7.58. The van der Waals surface area contributed by atoms with Crippen LogP contribution in [0.1, 0.15) is 35.1 Å². The lowest BCUT2D eigenvalue weighted by molar-refractivity contribution is 0.905. The van der Waals surface area contributed by atoms with Crippen LogP contribution in [-0.4, -0.2) is 10.7 Å². The van der Waals surface area contributed by atoms with E-state index in [4.69, 9.17) is 0 Å². The maximum absolute atomic E-state index is 3.65. The van der Waals surface area contributed by atoms with Crippen LogP contribution < -0.4 is 0 Å². The fourth-order valence-corrected chi connectivity index (χ4v) is 4.91. The molecule has 0 atom stereocenters. The molecule has 1 aliphatic carbocycles. The molecule has 0 amide bonds. The Morgan fingerprint density at radius 3 is 2.22 bits per heavy atom. The second-order valence-corrected chi connectivity index (χ2v) is 8.79. The third-order valence-corrected chi connectivity index (χ3v) is 6.63. The van der Waals surface area contributed by atoms with Crippen molar-refractivity contribution < 1.29 is 0 Å². The molecule has 0 N–H and O–H groups in total. The molecule has 0 saturated heterocycles. The van der Waals surface area contributed by atoms with Crippen molar-refractivity contribution in [2.45, 2.75) is 32.1 Å². The fourth-order valence-electron chi connectivity index (χ4n) is 4.35. The Morgan fingerprint density at radius 1 is 0.741 bits per heavy atom. The van der Waals surface area contributed by atoms with Crippen molar-refractivity contribution in [3.8, 4) is 22.3 Å². The fraction of sp³-hybridized carbons (Fsp3) is 0.280. The van der Waals surface area contributed by atoms with E-state index in [1.807, 2.05) is 0 Å². The van der Waals surface area contributed by atoms with Gasteiger partial charge in [0.15, 0.2) is 0 Å². The minimum Gasteiger partial charge on any atom is -0.0928 e. The average molecular weight is 484 g/mol.